The Morgan fingerprint density at radius 1 is 1.35 bits per heavy atom. The van der Waals surface area contributed by atoms with Gasteiger partial charge in [0.05, 0.1) is 5.56 Å². The molecular weight excluding hydrogens is 247 g/mol. The molecule has 0 radical (unpaired) electrons. The molecule has 2 N–H and O–H groups in total. The van der Waals surface area contributed by atoms with Crippen LogP contribution in [-0.4, -0.2) is 5.25 Å². The summed E-state index contributed by atoms with van der Waals surface area (Å²) in [7, 11) is 0. The van der Waals surface area contributed by atoms with Gasteiger partial charge in [0.1, 0.15) is 0 Å². The van der Waals surface area contributed by atoms with Crippen LogP contribution in [0.25, 0.3) is 0 Å². The molecule has 1 aromatic rings. The number of thioether (sulfide) groups is 1. The largest absolute Gasteiger partial charge is 0.416 e. The lowest BCUT2D eigenvalue weighted by Gasteiger charge is -2.14. The number of benzene rings is 1. The number of alkyl halides is 3. The highest BCUT2D eigenvalue weighted by molar-refractivity contribution is 7.99. The summed E-state index contributed by atoms with van der Waals surface area (Å²) in [6.45, 7) is 3.91. The molecule has 0 aliphatic rings. The molecule has 1 nitrogen and oxygen atoms in total. The molecule has 5 heteroatoms. The minimum absolute atomic E-state index is 0.0941. The van der Waals surface area contributed by atoms with Crippen LogP contribution >= 0.6 is 11.8 Å². The Bertz CT molecular complexity index is 377. The van der Waals surface area contributed by atoms with Gasteiger partial charge in [0.15, 0.2) is 0 Å². The SMILES string of the molecule is CCC(C)Sc1ccc(CN)c(C(F)(F)F)c1. The van der Waals surface area contributed by atoms with Crippen molar-refractivity contribution < 1.29 is 13.2 Å². The predicted octanol–water partition coefficient (Wildman–Crippen LogP) is 4.05. The van der Waals surface area contributed by atoms with Crippen LogP contribution in [0.1, 0.15) is 31.4 Å². The van der Waals surface area contributed by atoms with E-state index in [2.05, 4.69) is 0 Å². The van der Waals surface area contributed by atoms with Gasteiger partial charge in [-0.25, -0.2) is 0 Å². The van der Waals surface area contributed by atoms with E-state index in [4.69, 9.17) is 5.73 Å². The van der Waals surface area contributed by atoms with E-state index in [0.29, 0.717) is 10.1 Å². The van der Waals surface area contributed by atoms with Crippen molar-refractivity contribution in [2.45, 2.75) is 43.1 Å². The maximum Gasteiger partial charge on any atom is 0.416 e. The molecule has 0 saturated heterocycles. The fraction of sp³-hybridized carbons (Fsp3) is 0.500. The Hall–Kier alpha value is -0.680. The first-order valence-electron chi connectivity index (χ1n) is 5.45. The van der Waals surface area contributed by atoms with Crippen molar-refractivity contribution in [2.75, 3.05) is 0 Å². The van der Waals surface area contributed by atoms with Crippen molar-refractivity contribution in [1.82, 2.24) is 0 Å². The summed E-state index contributed by atoms with van der Waals surface area (Å²) in [5, 5.41) is 0.305. The normalized spacial score (nSPS) is 13.8. The van der Waals surface area contributed by atoms with Gasteiger partial charge in [-0.3, -0.25) is 0 Å². The lowest BCUT2D eigenvalue weighted by atomic mass is 10.1. The fourth-order valence-electron chi connectivity index (χ4n) is 1.39. The van der Waals surface area contributed by atoms with Crippen LogP contribution in [0.2, 0.25) is 0 Å². The van der Waals surface area contributed by atoms with Gasteiger partial charge < -0.3 is 5.73 Å². The Morgan fingerprint density at radius 3 is 2.47 bits per heavy atom. The molecule has 0 aliphatic carbocycles. The molecule has 0 aromatic heterocycles. The minimum atomic E-state index is -4.33. The van der Waals surface area contributed by atoms with Gasteiger partial charge in [-0.05, 0) is 24.1 Å². The molecular formula is C12H16F3NS. The topological polar surface area (TPSA) is 26.0 Å². The summed E-state index contributed by atoms with van der Waals surface area (Å²) in [5.41, 5.74) is 4.85. The monoisotopic (exact) mass is 263 g/mol. The van der Waals surface area contributed by atoms with Crippen molar-refractivity contribution in [3.05, 3.63) is 29.3 Å². The molecule has 0 spiro atoms. The van der Waals surface area contributed by atoms with Crippen LogP contribution in [0.15, 0.2) is 23.1 Å². The first-order chi connectivity index (χ1) is 7.88. The number of halogens is 3. The predicted molar refractivity (Wildman–Crippen MR) is 64.9 cm³/mol. The van der Waals surface area contributed by atoms with Crippen molar-refractivity contribution >= 4 is 11.8 Å². The maximum absolute atomic E-state index is 12.8. The third-order valence-electron chi connectivity index (χ3n) is 2.52. The summed E-state index contributed by atoms with van der Waals surface area (Å²) >= 11 is 1.45. The molecule has 1 atom stereocenters. The van der Waals surface area contributed by atoms with Gasteiger partial charge in [-0.2, -0.15) is 13.2 Å². The van der Waals surface area contributed by atoms with Gasteiger partial charge in [-0.1, -0.05) is 19.9 Å². The van der Waals surface area contributed by atoms with Gasteiger partial charge in [0.2, 0.25) is 0 Å². The molecule has 17 heavy (non-hydrogen) atoms. The average molecular weight is 263 g/mol. The molecule has 1 unspecified atom stereocenters. The Kier molecular flexibility index (Phi) is 4.89. The van der Waals surface area contributed by atoms with Crippen molar-refractivity contribution in [3.8, 4) is 0 Å². The second-order valence-corrected chi connectivity index (χ2v) is 5.37. The Morgan fingerprint density at radius 2 is 2.00 bits per heavy atom. The van der Waals surface area contributed by atoms with Crippen molar-refractivity contribution in [2.24, 2.45) is 5.73 Å². The van der Waals surface area contributed by atoms with Crippen LogP contribution in [0.5, 0.6) is 0 Å². The lowest BCUT2D eigenvalue weighted by Crippen LogP contribution is -2.12. The van der Waals surface area contributed by atoms with Gasteiger partial charge in [0.25, 0.3) is 0 Å². The summed E-state index contributed by atoms with van der Waals surface area (Å²) in [6, 6.07) is 4.36. The van der Waals surface area contributed by atoms with Gasteiger partial charge >= 0.3 is 6.18 Å². The van der Waals surface area contributed by atoms with E-state index in [1.807, 2.05) is 13.8 Å². The summed E-state index contributed by atoms with van der Waals surface area (Å²) in [4.78, 5) is 0.642. The third-order valence-corrected chi connectivity index (χ3v) is 3.78. The molecule has 0 fully saturated rings. The highest BCUT2D eigenvalue weighted by Gasteiger charge is 2.33. The second-order valence-electron chi connectivity index (χ2n) is 3.86. The highest BCUT2D eigenvalue weighted by Crippen LogP contribution is 2.35. The fourth-order valence-corrected chi connectivity index (χ4v) is 2.35. The quantitative estimate of drug-likeness (QED) is 0.829. The zero-order valence-corrected chi connectivity index (χ0v) is 10.7. The summed E-state index contributed by atoms with van der Waals surface area (Å²) < 4.78 is 38.3. The maximum atomic E-state index is 12.8. The zero-order chi connectivity index (χ0) is 13.1. The number of rotatable bonds is 4. The number of nitrogens with two attached hydrogens (primary N) is 1. The van der Waals surface area contributed by atoms with E-state index in [1.54, 1.807) is 6.07 Å². The first-order valence-corrected chi connectivity index (χ1v) is 6.33. The van der Waals surface area contributed by atoms with Crippen molar-refractivity contribution in [3.63, 3.8) is 0 Å². The van der Waals surface area contributed by atoms with Gasteiger partial charge in [-0.15, -0.1) is 11.8 Å². The van der Waals surface area contributed by atoms with E-state index in [1.165, 1.54) is 23.9 Å². The Balaban J connectivity index is 3.05. The van der Waals surface area contributed by atoms with Crippen LogP contribution in [0.4, 0.5) is 13.2 Å². The van der Waals surface area contributed by atoms with E-state index >= 15 is 0 Å². The third kappa shape index (κ3) is 3.92. The minimum Gasteiger partial charge on any atom is -0.326 e. The Labute approximate surface area is 104 Å². The molecule has 1 aromatic carbocycles. The molecule has 0 amide bonds. The standard InChI is InChI=1S/C12H16F3NS/c1-3-8(2)17-10-5-4-9(7-16)11(6-10)12(13,14)15/h4-6,8H,3,7,16H2,1-2H3. The smallest absolute Gasteiger partial charge is 0.326 e. The number of hydrogen-bond acceptors (Lipinski definition) is 2. The molecule has 1 rings (SSSR count). The zero-order valence-electron chi connectivity index (χ0n) is 9.84. The van der Waals surface area contributed by atoms with Crippen LogP contribution < -0.4 is 5.73 Å². The molecule has 96 valence electrons. The van der Waals surface area contributed by atoms with E-state index in [0.717, 1.165) is 6.42 Å². The van der Waals surface area contributed by atoms with Crippen LogP contribution in [-0.2, 0) is 12.7 Å². The second kappa shape index (κ2) is 5.78. The van der Waals surface area contributed by atoms with Crippen molar-refractivity contribution in [1.29, 1.82) is 0 Å². The molecule has 0 saturated carbocycles. The van der Waals surface area contributed by atoms with E-state index in [-0.39, 0.29) is 12.1 Å². The first kappa shape index (κ1) is 14.4. The van der Waals surface area contributed by atoms with E-state index < -0.39 is 11.7 Å². The van der Waals surface area contributed by atoms with Crippen LogP contribution in [0, 0.1) is 0 Å². The highest BCUT2D eigenvalue weighted by atomic mass is 32.2. The molecule has 0 heterocycles. The lowest BCUT2D eigenvalue weighted by molar-refractivity contribution is -0.138. The number of hydrogen-bond donors (Lipinski definition) is 1. The van der Waals surface area contributed by atoms with Gasteiger partial charge in [0, 0.05) is 16.7 Å². The average Bonchev–Trinajstić information content (AvgIpc) is 2.27. The molecule has 0 aliphatic heterocycles. The molecule has 0 bridgehead atoms. The van der Waals surface area contributed by atoms with E-state index in [9.17, 15) is 13.2 Å². The summed E-state index contributed by atoms with van der Waals surface area (Å²) in [6.07, 6.45) is -3.41. The van der Waals surface area contributed by atoms with Crippen LogP contribution in [0.3, 0.4) is 0 Å². The summed E-state index contributed by atoms with van der Waals surface area (Å²) in [5.74, 6) is 0.